The summed E-state index contributed by atoms with van der Waals surface area (Å²) in [5.41, 5.74) is 1.14. The highest BCUT2D eigenvalue weighted by atomic mass is 35.5. The van der Waals surface area contributed by atoms with Crippen molar-refractivity contribution in [1.82, 2.24) is 0 Å². The molecule has 1 unspecified atom stereocenters. The van der Waals surface area contributed by atoms with Crippen molar-refractivity contribution < 1.29 is 4.74 Å². The van der Waals surface area contributed by atoms with E-state index in [1.54, 1.807) is 11.3 Å². The normalized spacial score (nSPS) is 12.8. The van der Waals surface area contributed by atoms with Crippen molar-refractivity contribution >= 4 is 22.9 Å². The molecule has 0 aromatic carbocycles. The van der Waals surface area contributed by atoms with Crippen LogP contribution in [0.3, 0.4) is 0 Å². The second kappa shape index (κ2) is 5.51. The van der Waals surface area contributed by atoms with Crippen LogP contribution in [0.25, 0.3) is 0 Å². The SMILES string of the molecule is CCCOc1sccc1C(Cl)CC. The molecule has 0 radical (unpaired) electrons. The molecule has 74 valence electrons. The highest BCUT2D eigenvalue weighted by Gasteiger charge is 2.12. The molecule has 0 spiro atoms. The number of thiophene rings is 1. The predicted octanol–water partition coefficient (Wildman–Crippen LogP) is 4.23. The van der Waals surface area contributed by atoms with E-state index in [1.807, 2.05) is 5.38 Å². The molecule has 0 aliphatic heterocycles. The van der Waals surface area contributed by atoms with Gasteiger partial charge in [-0.25, -0.2) is 0 Å². The van der Waals surface area contributed by atoms with E-state index in [0.29, 0.717) is 0 Å². The largest absolute Gasteiger partial charge is 0.484 e. The molecule has 0 amide bonds. The van der Waals surface area contributed by atoms with Crippen molar-refractivity contribution in [3.05, 3.63) is 17.0 Å². The Hall–Kier alpha value is -0.210. The highest BCUT2D eigenvalue weighted by Crippen LogP contribution is 2.36. The Balaban J connectivity index is 2.65. The smallest absolute Gasteiger partial charge is 0.178 e. The first-order valence-electron chi connectivity index (χ1n) is 4.63. The Bertz CT molecular complexity index is 247. The topological polar surface area (TPSA) is 9.23 Å². The van der Waals surface area contributed by atoms with Gasteiger partial charge < -0.3 is 4.74 Å². The van der Waals surface area contributed by atoms with Crippen LogP contribution < -0.4 is 4.74 Å². The molecule has 1 atom stereocenters. The molecule has 1 nitrogen and oxygen atoms in total. The first kappa shape index (κ1) is 10.9. The molecule has 0 aliphatic rings. The highest BCUT2D eigenvalue weighted by molar-refractivity contribution is 7.12. The predicted molar refractivity (Wildman–Crippen MR) is 59.0 cm³/mol. The zero-order valence-electron chi connectivity index (χ0n) is 8.05. The van der Waals surface area contributed by atoms with E-state index in [4.69, 9.17) is 16.3 Å². The first-order valence-corrected chi connectivity index (χ1v) is 5.95. The van der Waals surface area contributed by atoms with E-state index >= 15 is 0 Å². The standard InChI is InChI=1S/C10H15ClOS/c1-3-6-12-10-8(5-7-13-10)9(11)4-2/h5,7,9H,3-4,6H2,1-2H3. The summed E-state index contributed by atoms with van der Waals surface area (Å²) in [5.74, 6) is 0. The molecule has 13 heavy (non-hydrogen) atoms. The van der Waals surface area contributed by atoms with Crippen molar-refractivity contribution in [3.8, 4) is 5.06 Å². The second-order valence-electron chi connectivity index (χ2n) is 2.89. The molecular formula is C10H15ClOS. The maximum absolute atomic E-state index is 6.14. The third kappa shape index (κ3) is 2.89. The lowest BCUT2D eigenvalue weighted by Crippen LogP contribution is -1.96. The number of halogens is 1. The monoisotopic (exact) mass is 218 g/mol. The van der Waals surface area contributed by atoms with E-state index in [2.05, 4.69) is 19.9 Å². The molecule has 0 bridgehead atoms. The lowest BCUT2D eigenvalue weighted by Gasteiger charge is -2.08. The van der Waals surface area contributed by atoms with Crippen LogP contribution in [0.2, 0.25) is 0 Å². The van der Waals surface area contributed by atoms with Gasteiger partial charge in [0.05, 0.1) is 12.0 Å². The Labute approximate surface area is 88.7 Å². The van der Waals surface area contributed by atoms with Gasteiger partial charge in [0.1, 0.15) is 0 Å². The quantitative estimate of drug-likeness (QED) is 0.673. The van der Waals surface area contributed by atoms with Gasteiger partial charge >= 0.3 is 0 Å². The number of rotatable bonds is 5. The zero-order chi connectivity index (χ0) is 9.68. The van der Waals surface area contributed by atoms with Crippen molar-refractivity contribution in [3.63, 3.8) is 0 Å². The molecule has 1 aromatic rings. The van der Waals surface area contributed by atoms with E-state index < -0.39 is 0 Å². The van der Waals surface area contributed by atoms with E-state index in [-0.39, 0.29) is 5.38 Å². The molecule has 0 aliphatic carbocycles. The molecule has 1 rings (SSSR count). The summed E-state index contributed by atoms with van der Waals surface area (Å²) < 4.78 is 5.58. The van der Waals surface area contributed by atoms with Gasteiger partial charge in [0.25, 0.3) is 0 Å². The van der Waals surface area contributed by atoms with Crippen LogP contribution in [0.15, 0.2) is 11.4 Å². The molecule has 0 fully saturated rings. The number of hydrogen-bond donors (Lipinski definition) is 0. The van der Waals surface area contributed by atoms with E-state index in [1.165, 1.54) is 0 Å². The lowest BCUT2D eigenvalue weighted by molar-refractivity contribution is 0.323. The van der Waals surface area contributed by atoms with E-state index in [0.717, 1.165) is 30.1 Å². The molecule has 0 saturated heterocycles. The summed E-state index contributed by atoms with van der Waals surface area (Å²) in [6.07, 6.45) is 1.98. The summed E-state index contributed by atoms with van der Waals surface area (Å²) in [4.78, 5) is 0. The van der Waals surface area contributed by atoms with Crippen molar-refractivity contribution in [1.29, 1.82) is 0 Å². The third-order valence-electron chi connectivity index (χ3n) is 1.79. The van der Waals surface area contributed by atoms with Crippen molar-refractivity contribution in [2.24, 2.45) is 0 Å². The van der Waals surface area contributed by atoms with Gasteiger partial charge in [-0.05, 0) is 24.3 Å². The summed E-state index contributed by atoms with van der Waals surface area (Å²) in [6.45, 7) is 4.96. The lowest BCUT2D eigenvalue weighted by atomic mass is 10.2. The van der Waals surface area contributed by atoms with Gasteiger partial charge in [0, 0.05) is 5.56 Å². The Morgan fingerprint density at radius 2 is 2.31 bits per heavy atom. The van der Waals surface area contributed by atoms with Gasteiger partial charge in [-0.3, -0.25) is 0 Å². The van der Waals surface area contributed by atoms with Crippen LogP contribution in [0.1, 0.15) is 37.6 Å². The fourth-order valence-corrected chi connectivity index (χ4v) is 2.14. The Kier molecular flexibility index (Phi) is 4.60. The maximum atomic E-state index is 6.14. The minimum absolute atomic E-state index is 0.0955. The van der Waals surface area contributed by atoms with E-state index in [9.17, 15) is 0 Å². The Morgan fingerprint density at radius 3 is 2.92 bits per heavy atom. The van der Waals surface area contributed by atoms with Crippen LogP contribution in [-0.4, -0.2) is 6.61 Å². The summed E-state index contributed by atoms with van der Waals surface area (Å²) >= 11 is 7.77. The van der Waals surface area contributed by atoms with Gasteiger partial charge in [-0.1, -0.05) is 13.8 Å². The zero-order valence-corrected chi connectivity index (χ0v) is 9.62. The summed E-state index contributed by atoms with van der Waals surface area (Å²) in [7, 11) is 0. The van der Waals surface area contributed by atoms with Crippen LogP contribution in [0.4, 0.5) is 0 Å². The van der Waals surface area contributed by atoms with Crippen molar-refractivity contribution in [2.75, 3.05) is 6.61 Å². The minimum Gasteiger partial charge on any atom is -0.484 e. The average Bonchev–Trinajstić information content (AvgIpc) is 2.61. The Morgan fingerprint density at radius 1 is 1.54 bits per heavy atom. The fraction of sp³-hybridized carbons (Fsp3) is 0.600. The van der Waals surface area contributed by atoms with Gasteiger partial charge in [0.15, 0.2) is 5.06 Å². The molecule has 0 saturated carbocycles. The maximum Gasteiger partial charge on any atom is 0.178 e. The molecule has 1 heterocycles. The summed E-state index contributed by atoms with van der Waals surface area (Å²) in [5, 5.41) is 3.12. The first-order chi connectivity index (χ1) is 6.29. The molecular weight excluding hydrogens is 204 g/mol. The van der Waals surface area contributed by atoms with Crippen LogP contribution in [0.5, 0.6) is 5.06 Å². The number of alkyl halides is 1. The van der Waals surface area contributed by atoms with Crippen LogP contribution in [-0.2, 0) is 0 Å². The number of hydrogen-bond acceptors (Lipinski definition) is 2. The molecule has 1 aromatic heterocycles. The third-order valence-corrected chi connectivity index (χ3v) is 3.18. The molecule has 0 N–H and O–H groups in total. The van der Waals surface area contributed by atoms with Gasteiger partial charge in [0.2, 0.25) is 0 Å². The van der Waals surface area contributed by atoms with Crippen LogP contribution >= 0.6 is 22.9 Å². The number of ether oxygens (including phenoxy) is 1. The molecule has 3 heteroatoms. The van der Waals surface area contributed by atoms with Crippen LogP contribution in [0, 0.1) is 0 Å². The van der Waals surface area contributed by atoms with Gasteiger partial charge in [-0.15, -0.1) is 22.9 Å². The van der Waals surface area contributed by atoms with Gasteiger partial charge in [-0.2, -0.15) is 0 Å². The fourth-order valence-electron chi connectivity index (χ4n) is 1.07. The second-order valence-corrected chi connectivity index (χ2v) is 4.29. The van der Waals surface area contributed by atoms with Crippen molar-refractivity contribution in [2.45, 2.75) is 32.1 Å². The minimum atomic E-state index is 0.0955. The average molecular weight is 219 g/mol. The summed E-state index contributed by atoms with van der Waals surface area (Å²) in [6, 6.07) is 2.05.